The van der Waals surface area contributed by atoms with Gasteiger partial charge in [0.25, 0.3) is 5.72 Å². The van der Waals surface area contributed by atoms with Crippen LogP contribution in [0.5, 0.6) is 0 Å². The molecule has 0 spiro atoms. The fourth-order valence-electron chi connectivity index (χ4n) is 4.32. The molecule has 0 radical (unpaired) electrons. The normalized spacial score (nSPS) is 13.9. The van der Waals surface area contributed by atoms with Crippen LogP contribution in [0.25, 0.3) is 11.1 Å². The Kier molecular flexibility index (Phi) is 8.08. The molecule has 186 valence electrons. The molecular weight excluding hydrogens is 458 g/mol. The van der Waals surface area contributed by atoms with Gasteiger partial charge >= 0.3 is 24.0 Å². The Morgan fingerprint density at radius 3 is 1.91 bits per heavy atom. The van der Waals surface area contributed by atoms with E-state index < -0.39 is 36.1 Å². The molecule has 0 fully saturated rings. The van der Waals surface area contributed by atoms with Crippen LogP contribution < -0.4 is 0 Å². The van der Waals surface area contributed by atoms with Crippen molar-refractivity contribution < 1.29 is 44.3 Å². The van der Waals surface area contributed by atoms with Crippen molar-refractivity contribution in [3.8, 4) is 11.1 Å². The number of benzene rings is 2. The van der Waals surface area contributed by atoms with Gasteiger partial charge in [0.15, 0.2) is 0 Å². The molecule has 1 aliphatic carbocycles. The number of hydrogen-bond acceptors (Lipinski definition) is 6. The summed E-state index contributed by atoms with van der Waals surface area (Å²) < 4.78 is 5.45. The number of carboxylic acids is 3. The molecule has 4 N–H and O–H groups in total. The number of ether oxygens (including phenoxy) is 1. The van der Waals surface area contributed by atoms with Crippen molar-refractivity contribution >= 4 is 24.0 Å². The molecular formula is C25H27NO9. The minimum atomic E-state index is -3.03. The Morgan fingerprint density at radius 2 is 1.40 bits per heavy atom. The number of hydrogen-bond donors (Lipinski definition) is 4. The Hall–Kier alpha value is -3.92. The van der Waals surface area contributed by atoms with Crippen LogP contribution in [0.15, 0.2) is 48.5 Å². The molecule has 0 saturated heterocycles. The van der Waals surface area contributed by atoms with Crippen LogP contribution in [0.1, 0.15) is 49.1 Å². The second kappa shape index (κ2) is 11.0. The summed E-state index contributed by atoms with van der Waals surface area (Å²) >= 11 is 0. The number of fused-ring (bicyclic) bond motifs is 3. The summed E-state index contributed by atoms with van der Waals surface area (Å²) in [6, 6.07) is 15.2. The van der Waals surface area contributed by atoms with Gasteiger partial charge in [-0.15, -0.1) is 0 Å². The third-order valence-electron chi connectivity index (χ3n) is 6.02. The monoisotopic (exact) mass is 485 g/mol. The molecule has 0 aliphatic heterocycles. The zero-order valence-electron chi connectivity index (χ0n) is 18.9. The predicted octanol–water partition coefficient (Wildman–Crippen LogP) is 3.13. The minimum absolute atomic E-state index is 0.108. The van der Waals surface area contributed by atoms with E-state index in [-0.39, 0.29) is 38.3 Å². The van der Waals surface area contributed by atoms with E-state index in [9.17, 15) is 29.4 Å². The summed E-state index contributed by atoms with van der Waals surface area (Å²) in [5, 5.41) is 38.2. The number of carboxylic acid groups (broad SMARTS) is 3. The van der Waals surface area contributed by atoms with E-state index in [4.69, 9.17) is 14.9 Å². The first-order valence-electron chi connectivity index (χ1n) is 11.2. The quantitative estimate of drug-likeness (QED) is 0.261. The lowest BCUT2D eigenvalue weighted by atomic mass is 9.98. The van der Waals surface area contributed by atoms with Crippen molar-refractivity contribution in [2.24, 2.45) is 0 Å². The molecule has 1 unspecified atom stereocenters. The summed E-state index contributed by atoms with van der Waals surface area (Å²) in [4.78, 5) is 47.3. The number of rotatable bonds is 12. The average molecular weight is 485 g/mol. The predicted molar refractivity (Wildman–Crippen MR) is 123 cm³/mol. The highest BCUT2D eigenvalue weighted by Gasteiger charge is 2.48. The summed E-state index contributed by atoms with van der Waals surface area (Å²) in [6.45, 7) is -0.475. The molecule has 1 atom stereocenters. The molecule has 0 bridgehead atoms. The van der Waals surface area contributed by atoms with Crippen LogP contribution in [0.3, 0.4) is 0 Å². The zero-order chi connectivity index (χ0) is 25.6. The van der Waals surface area contributed by atoms with Crippen LogP contribution in [0, 0.1) is 0 Å². The summed E-state index contributed by atoms with van der Waals surface area (Å²) in [7, 11) is 0. The average Bonchev–Trinajstić information content (AvgIpc) is 3.12. The van der Waals surface area contributed by atoms with Crippen molar-refractivity contribution in [3.63, 3.8) is 0 Å². The maximum atomic E-state index is 13.0. The third-order valence-corrected chi connectivity index (χ3v) is 6.02. The smallest absolute Gasteiger partial charge is 0.412 e. The van der Waals surface area contributed by atoms with E-state index >= 15 is 0 Å². The topological polar surface area (TPSA) is 162 Å². The Balaban J connectivity index is 1.79. The first kappa shape index (κ1) is 25.7. The largest absolute Gasteiger partial charge is 0.481 e. The van der Waals surface area contributed by atoms with E-state index in [1.54, 1.807) is 0 Å². The van der Waals surface area contributed by atoms with Crippen molar-refractivity contribution in [2.45, 2.75) is 43.7 Å². The van der Waals surface area contributed by atoms with Crippen molar-refractivity contribution in [1.29, 1.82) is 0 Å². The lowest BCUT2D eigenvalue weighted by molar-refractivity contribution is -0.185. The first-order chi connectivity index (χ1) is 16.6. The van der Waals surface area contributed by atoms with Gasteiger partial charge in [-0.1, -0.05) is 55.0 Å². The Labute approximate surface area is 201 Å². The van der Waals surface area contributed by atoms with Gasteiger partial charge < -0.3 is 25.2 Å². The van der Waals surface area contributed by atoms with Gasteiger partial charge in [0, 0.05) is 18.9 Å². The van der Waals surface area contributed by atoms with Gasteiger partial charge in [0.1, 0.15) is 13.0 Å². The van der Waals surface area contributed by atoms with Gasteiger partial charge in [-0.25, -0.2) is 9.59 Å². The summed E-state index contributed by atoms with van der Waals surface area (Å²) in [5.74, 6) is -4.83. The fourth-order valence-corrected chi connectivity index (χ4v) is 4.32. The second-order valence-corrected chi connectivity index (χ2v) is 8.35. The molecule has 10 heteroatoms. The molecule has 2 aromatic rings. The Morgan fingerprint density at radius 1 is 0.829 bits per heavy atom. The molecule has 1 aliphatic rings. The van der Waals surface area contributed by atoms with E-state index in [1.807, 2.05) is 48.5 Å². The lowest BCUT2D eigenvalue weighted by Crippen LogP contribution is -2.58. The molecule has 0 aromatic heterocycles. The fraction of sp³-hybridized carbons (Fsp3) is 0.360. The Bertz CT molecular complexity index is 1070. The number of amides is 1. The minimum Gasteiger partial charge on any atom is -0.481 e. The van der Waals surface area contributed by atoms with Crippen molar-refractivity contribution in [3.05, 3.63) is 59.7 Å². The van der Waals surface area contributed by atoms with Crippen LogP contribution in [-0.2, 0) is 19.1 Å². The second-order valence-electron chi connectivity index (χ2n) is 8.35. The van der Waals surface area contributed by atoms with E-state index in [1.165, 1.54) is 0 Å². The molecule has 2 aromatic carbocycles. The molecule has 3 rings (SSSR count). The van der Waals surface area contributed by atoms with Gasteiger partial charge in [-0.2, -0.15) is 0 Å². The van der Waals surface area contributed by atoms with Gasteiger partial charge in [-0.3, -0.25) is 14.5 Å². The van der Waals surface area contributed by atoms with E-state index in [0.29, 0.717) is 11.3 Å². The third kappa shape index (κ3) is 5.78. The van der Waals surface area contributed by atoms with Crippen LogP contribution >= 0.6 is 0 Å². The highest BCUT2D eigenvalue weighted by Crippen LogP contribution is 2.44. The maximum absolute atomic E-state index is 13.0. The van der Waals surface area contributed by atoms with Crippen molar-refractivity contribution in [1.82, 2.24) is 4.90 Å². The van der Waals surface area contributed by atoms with E-state index in [0.717, 1.165) is 22.3 Å². The molecule has 1 amide bonds. The number of carbonyl (C=O) groups is 4. The van der Waals surface area contributed by atoms with Crippen LogP contribution in [0.2, 0.25) is 0 Å². The van der Waals surface area contributed by atoms with E-state index in [2.05, 4.69) is 0 Å². The number of unbranched alkanes of at least 4 members (excludes halogenated alkanes) is 2. The van der Waals surface area contributed by atoms with Crippen LogP contribution in [0.4, 0.5) is 4.79 Å². The highest BCUT2D eigenvalue weighted by atomic mass is 16.6. The van der Waals surface area contributed by atoms with Crippen molar-refractivity contribution in [2.75, 3.05) is 13.2 Å². The SMILES string of the molecule is O=C(O)CCCCCN(C(=O)OCC1c2ccccc2-c2ccccc21)C(O)(CC(=O)O)C(=O)O. The number of carbonyl (C=O) groups excluding carboxylic acids is 1. The number of aliphatic hydroxyl groups is 1. The summed E-state index contributed by atoms with van der Waals surface area (Å²) in [6.07, 6.45) is -1.78. The summed E-state index contributed by atoms with van der Waals surface area (Å²) in [5.41, 5.74) is 0.822. The maximum Gasteiger partial charge on any atom is 0.412 e. The van der Waals surface area contributed by atoms with Gasteiger partial charge in [0.2, 0.25) is 0 Å². The van der Waals surface area contributed by atoms with Gasteiger partial charge in [0.05, 0.1) is 0 Å². The van der Waals surface area contributed by atoms with Crippen LogP contribution in [-0.4, -0.2) is 68.2 Å². The number of aliphatic carboxylic acids is 3. The number of nitrogens with zero attached hydrogens (tertiary/aromatic N) is 1. The molecule has 35 heavy (non-hydrogen) atoms. The molecule has 10 nitrogen and oxygen atoms in total. The standard InChI is InChI=1S/C25H27NO9/c27-21(28)12-2-1-7-13-26(25(34,23(31)32)14-22(29)30)24(33)35-15-20-18-10-5-3-8-16(18)17-9-4-6-11-19(17)20/h3-6,8-11,20,34H,1-2,7,12-15H2,(H,27,28)(H,29,30)(H,31,32). The highest BCUT2D eigenvalue weighted by molar-refractivity contribution is 5.87. The lowest BCUT2D eigenvalue weighted by Gasteiger charge is -2.34. The first-order valence-corrected chi connectivity index (χ1v) is 11.2. The zero-order valence-corrected chi connectivity index (χ0v) is 18.9. The van der Waals surface area contributed by atoms with Gasteiger partial charge in [-0.05, 0) is 35.1 Å². The molecule has 0 saturated carbocycles. The molecule has 0 heterocycles.